The lowest BCUT2D eigenvalue weighted by Crippen LogP contribution is -2.43. The van der Waals surface area contributed by atoms with Crippen LogP contribution < -0.4 is 15.5 Å². The minimum absolute atomic E-state index is 0.0492. The minimum atomic E-state index is 0.0492. The van der Waals surface area contributed by atoms with Gasteiger partial charge < -0.3 is 15.5 Å². The van der Waals surface area contributed by atoms with Crippen LogP contribution in [0.4, 0.5) is 11.8 Å². The van der Waals surface area contributed by atoms with Gasteiger partial charge in [0, 0.05) is 41.8 Å². The summed E-state index contributed by atoms with van der Waals surface area (Å²) in [6, 6.07) is 10.4. The first-order valence-electron chi connectivity index (χ1n) is 12.2. The Bertz CT molecular complexity index is 965. The molecule has 1 aliphatic heterocycles. The zero-order valence-corrected chi connectivity index (χ0v) is 21.6. The molecule has 0 spiro atoms. The highest BCUT2D eigenvalue weighted by atomic mass is 35.5. The molecule has 5 nitrogen and oxygen atoms in total. The molecule has 0 radical (unpaired) electrons. The van der Waals surface area contributed by atoms with Gasteiger partial charge in [-0.05, 0) is 67.9 Å². The van der Waals surface area contributed by atoms with Crippen LogP contribution in [0.1, 0.15) is 63.6 Å². The molecule has 2 aliphatic rings. The second-order valence-electron chi connectivity index (χ2n) is 10.2. The number of hydrogen-bond donors (Lipinski definition) is 2. The average molecular weight is 486 g/mol. The molecule has 1 saturated carbocycles. The lowest BCUT2D eigenvalue weighted by molar-refractivity contribution is 0.292. The van der Waals surface area contributed by atoms with E-state index in [1.165, 1.54) is 31.2 Å². The van der Waals surface area contributed by atoms with Gasteiger partial charge in [0.15, 0.2) is 5.11 Å². The van der Waals surface area contributed by atoms with Gasteiger partial charge in [0.2, 0.25) is 5.95 Å². The summed E-state index contributed by atoms with van der Waals surface area (Å²) in [5.74, 6) is 2.88. The lowest BCUT2D eigenvalue weighted by Gasteiger charge is -2.38. The van der Waals surface area contributed by atoms with Gasteiger partial charge in [-0.15, -0.1) is 0 Å². The Balaban J connectivity index is 1.44. The number of thiocarbonyl (C=S) groups is 1. The minimum Gasteiger partial charge on any atom is -0.361 e. The zero-order valence-electron chi connectivity index (χ0n) is 20.0. The van der Waals surface area contributed by atoms with E-state index in [0.717, 1.165) is 49.0 Å². The Morgan fingerprint density at radius 1 is 1.12 bits per heavy atom. The largest absolute Gasteiger partial charge is 0.361 e. The summed E-state index contributed by atoms with van der Waals surface area (Å²) >= 11 is 12.0. The second kappa shape index (κ2) is 10.6. The van der Waals surface area contributed by atoms with Crippen LogP contribution in [-0.4, -0.2) is 34.7 Å². The number of piperidine rings is 1. The Labute approximate surface area is 208 Å². The fraction of sp³-hybridized carbons (Fsp3) is 0.577. The van der Waals surface area contributed by atoms with Gasteiger partial charge in [-0.25, -0.2) is 4.98 Å². The van der Waals surface area contributed by atoms with Crippen LogP contribution >= 0.6 is 23.8 Å². The monoisotopic (exact) mass is 485 g/mol. The normalized spacial score (nSPS) is 22.6. The summed E-state index contributed by atoms with van der Waals surface area (Å²) in [4.78, 5) is 11.8. The Kier molecular flexibility index (Phi) is 7.75. The molecule has 1 aliphatic carbocycles. The number of rotatable bonds is 5. The van der Waals surface area contributed by atoms with Crippen molar-refractivity contribution in [1.82, 2.24) is 15.3 Å². The number of nitrogens with one attached hydrogen (secondary N) is 2. The quantitative estimate of drug-likeness (QED) is 0.498. The topological polar surface area (TPSA) is 53.1 Å². The van der Waals surface area contributed by atoms with E-state index >= 15 is 0 Å². The predicted octanol–water partition coefficient (Wildman–Crippen LogP) is 6.11. The first kappa shape index (κ1) is 24.2. The summed E-state index contributed by atoms with van der Waals surface area (Å²) in [5.41, 5.74) is 2.29. The Hall–Kier alpha value is -1.92. The van der Waals surface area contributed by atoms with Gasteiger partial charge in [-0.2, -0.15) is 4.98 Å². The SMILES string of the molecule is Cc1cc(N2C[C@H](C)C[C@@H](C)C2)nc(NC(=S)NCC2(c3cccc(Cl)c3)CCCCC2)n1. The number of benzene rings is 1. The third-order valence-electron chi connectivity index (χ3n) is 7.09. The number of hydrogen-bond acceptors (Lipinski definition) is 4. The zero-order chi connectivity index (χ0) is 23.4. The molecule has 2 atom stereocenters. The highest BCUT2D eigenvalue weighted by Crippen LogP contribution is 2.39. The molecule has 2 fully saturated rings. The van der Waals surface area contributed by atoms with E-state index in [2.05, 4.69) is 58.6 Å². The highest BCUT2D eigenvalue weighted by molar-refractivity contribution is 7.80. The molecule has 7 heteroatoms. The van der Waals surface area contributed by atoms with Gasteiger partial charge in [0.1, 0.15) is 5.82 Å². The fourth-order valence-corrected chi connectivity index (χ4v) is 5.98. The molecule has 0 bridgehead atoms. The van der Waals surface area contributed by atoms with Crippen molar-refractivity contribution in [2.75, 3.05) is 29.9 Å². The Morgan fingerprint density at radius 2 is 1.85 bits per heavy atom. The molecule has 1 aromatic heterocycles. The third-order valence-corrected chi connectivity index (χ3v) is 7.58. The van der Waals surface area contributed by atoms with Crippen molar-refractivity contribution in [2.24, 2.45) is 11.8 Å². The van der Waals surface area contributed by atoms with E-state index in [-0.39, 0.29) is 5.41 Å². The van der Waals surface area contributed by atoms with Crippen molar-refractivity contribution in [3.05, 3.63) is 46.6 Å². The molecule has 4 rings (SSSR count). The fourth-order valence-electron chi connectivity index (χ4n) is 5.63. The standard InChI is InChI=1S/C26H36ClN5S/c1-18-12-19(2)16-32(15-18)23-13-20(3)29-24(30-23)31-25(33)28-17-26(10-5-4-6-11-26)21-8-7-9-22(27)14-21/h7-9,13-14,18-19H,4-6,10-12,15-17H2,1-3H3,(H2,28,29,30,31,33)/t18-,19-/m1/s1. The molecule has 2 aromatic rings. The van der Waals surface area contributed by atoms with E-state index < -0.39 is 0 Å². The Morgan fingerprint density at radius 3 is 2.55 bits per heavy atom. The van der Waals surface area contributed by atoms with Crippen molar-refractivity contribution in [2.45, 2.75) is 64.7 Å². The van der Waals surface area contributed by atoms with Crippen LogP contribution in [0.5, 0.6) is 0 Å². The molecule has 1 saturated heterocycles. The van der Waals surface area contributed by atoms with Crippen molar-refractivity contribution in [3.8, 4) is 0 Å². The maximum Gasteiger partial charge on any atom is 0.231 e. The number of halogens is 1. The number of aromatic nitrogens is 2. The summed E-state index contributed by atoms with van der Waals surface area (Å²) in [6.45, 7) is 9.49. The average Bonchev–Trinajstić information content (AvgIpc) is 2.77. The van der Waals surface area contributed by atoms with Gasteiger partial charge >= 0.3 is 0 Å². The van der Waals surface area contributed by atoms with Crippen LogP contribution in [0.3, 0.4) is 0 Å². The molecule has 2 heterocycles. The predicted molar refractivity (Wildman–Crippen MR) is 142 cm³/mol. The van der Waals surface area contributed by atoms with Gasteiger partial charge in [0.25, 0.3) is 0 Å². The van der Waals surface area contributed by atoms with E-state index in [0.29, 0.717) is 22.9 Å². The lowest BCUT2D eigenvalue weighted by atomic mass is 9.69. The molecule has 178 valence electrons. The summed E-state index contributed by atoms with van der Waals surface area (Å²) in [7, 11) is 0. The first-order chi connectivity index (χ1) is 15.8. The molecule has 0 unspecified atom stereocenters. The van der Waals surface area contributed by atoms with Crippen molar-refractivity contribution in [3.63, 3.8) is 0 Å². The molecule has 1 aromatic carbocycles. The highest BCUT2D eigenvalue weighted by Gasteiger charge is 2.34. The van der Waals surface area contributed by atoms with Gasteiger partial charge in [-0.3, -0.25) is 0 Å². The summed E-state index contributed by atoms with van der Waals surface area (Å²) < 4.78 is 0. The molecule has 2 N–H and O–H groups in total. The van der Waals surface area contributed by atoms with Crippen LogP contribution in [-0.2, 0) is 5.41 Å². The molecular formula is C26H36ClN5S. The summed E-state index contributed by atoms with van der Waals surface area (Å²) in [5, 5.41) is 8.09. The maximum atomic E-state index is 6.33. The molecule has 0 amide bonds. The number of aryl methyl sites for hydroxylation is 1. The molecular weight excluding hydrogens is 450 g/mol. The van der Waals surface area contributed by atoms with E-state index in [1.54, 1.807) is 0 Å². The molecule has 33 heavy (non-hydrogen) atoms. The van der Waals surface area contributed by atoms with Crippen molar-refractivity contribution < 1.29 is 0 Å². The summed E-state index contributed by atoms with van der Waals surface area (Å²) in [6.07, 6.45) is 7.29. The van der Waals surface area contributed by atoms with E-state index in [9.17, 15) is 0 Å². The van der Waals surface area contributed by atoms with Gasteiger partial charge in [0.05, 0.1) is 0 Å². The smallest absolute Gasteiger partial charge is 0.231 e. The number of anilines is 2. The first-order valence-corrected chi connectivity index (χ1v) is 13.0. The van der Waals surface area contributed by atoms with Crippen LogP contribution in [0.25, 0.3) is 0 Å². The van der Waals surface area contributed by atoms with Crippen LogP contribution in [0.2, 0.25) is 5.02 Å². The van der Waals surface area contributed by atoms with Crippen molar-refractivity contribution >= 4 is 40.7 Å². The number of nitrogens with zero attached hydrogens (tertiary/aromatic N) is 3. The maximum absolute atomic E-state index is 6.33. The van der Waals surface area contributed by atoms with Gasteiger partial charge in [-0.1, -0.05) is 56.8 Å². The van der Waals surface area contributed by atoms with Crippen LogP contribution in [0.15, 0.2) is 30.3 Å². The van der Waals surface area contributed by atoms with Crippen molar-refractivity contribution in [1.29, 1.82) is 0 Å². The van der Waals surface area contributed by atoms with Crippen LogP contribution in [0, 0.1) is 18.8 Å². The van der Waals surface area contributed by atoms with E-state index in [1.807, 2.05) is 13.0 Å². The second-order valence-corrected chi connectivity index (χ2v) is 11.0. The van der Waals surface area contributed by atoms with E-state index in [4.69, 9.17) is 28.8 Å². The third kappa shape index (κ3) is 6.15.